The van der Waals surface area contributed by atoms with Gasteiger partial charge in [-0.3, -0.25) is 27.6 Å². The number of alkyl halides is 6. The summed E-state index contributed by atoms with van der Waals surface area (Å²) in [6.07, 6.45) is 5.55. The summed E-state index contributed by atoms with van der Waals surface area (Å²) >= 11 is 1.67. The number of aryl methyl sites for hydroxylation is 1. The monoisotopic (exact) mass is 2830 g/mol. The van der Waals surface area contributed by atoms with Crippen LogP contribution in [0.4, 0.5) is 43.9 Å². The van der Waals surface area contributed by atoms with Crippen molar-refractivity contribution in [1.29, 1.82) is 0 Å². The second-order valence-corrected chi connectivity index (χ2v) is 26.0. The molecule has 11 heterocycles. The summed E-state index contributed by atoms with van der Waals surface area (Å²) in [6.45, 7) is 1.62. The fraction of sp³-hybridized carbons (Fsp3) is 0.0312. The Labute approximate surface area is 817 Å². The van der Waals surface area contributed by atoms with E-state index in [0.717, 1.165) is 63.1 Å². The number of rotatable bonds is 8. The second kappa shape index (κ2) is 54.5. The minimum absolute atomic E-state index is 0. The van der Waals surface area contributed by atoms with Gasteiger partial charge in [-0.2, -0.15) is 38.5 Å². The molecule has 8 aromatic carbocycles. The van der Waals surface area contributed by atoms with Crippen molar-refractivity contribution in [1.82, 2.24) is 60.0 Å². The summed E-state index contributed by atoms with van der Waals surface area (Å²) in [4.78, 5) is 60.8. The molecule has 0 amide bonds. The van der Waals surface area contributed by atoms with E-state index in [9.17, 15) is 53.5 Å². The molecule has 0 aliphatic heterocycles. The molecule has 666 valence electrons. The van der Waals surface area contributed by atoms with Crippen LogP contribution in [-0.2, 0) is 133 Å². The van der Waals surface area contributed by atoms with Crippen molar-refractivity contribution in [3.05, 3.63) is 428 Å². The number of carbonyl (C=O) groups is 2. The minimum Gasteiger partial charge on any atom is -0.477 e. The van der Waals surface area contributed by atoms with Crippen molar-refractivity contribution in [2.75, 3.05) is 0 Å². The van der Waals surface area contributed by atoms with E-state index in [1.807, 2.05) is 109 Å². The summed E-state index contributed by atoms with van der Waals surface area (Å²) in [6, 6.07) is 97.9. The van der Waals surface area contributed by atoms with Crippen molar-refractivity contribution < 1.29 is 184 Å². The molecule has 0 fully saturated rings. The summed E-state index contributed by atoms with van der Waals surface area (Å²) in [7, 11) is 0. The summed E-state index contributed by atoms with van der Waals surface area (Å²) < 4.78 is 126. The number of hydrogen-bond acceptors (Lipinski definition) is 14. The molecule has 129 heavy (non-hydrogen) atoms. The van der Waals surface area contributed by atoms with Crippen molar-refractivity contribution >= 4 is 66.5 Å². The van der Waals surface area contributed by atoms with E-state index in [2.05, 4.69) is 145 Å². The number of pyridine rings is 9. The Hall–Kier alpha value is -11.9. The Bertz CT molecular complexity index is 6400. The molecule has 6 radical (unpaired) electrons. The topological polar surface area (TPSA) is 230 Å². The number of benzene rings is 8. The van der Waals surface area contributed by atoms with Crippen molar-refractivity contribution in [2.24, 2.45) is 0 Å². The molecule has 0 saturated heterocycles. The Morgan fingerprint density at radius 3 is 1.30 bits per heavy atom. The first-order valence-corrected chi connectivity index (χ1v) is 37.4. The summed E-state index contributed by atoms with van der Waals surface area (Å²) in [5, 5.41) is 33.2. The number of aromatic nitrogens is 12. The van der Waals surface area contributed by atoms with Crippen molar-refractivity contribution in [3.63, 3.8) is 0 Å². The van der Waals surface area contributed by atoms with E-state index in [4.69, 9.17) is 10.2 Å². The Morgan fingerprint density at radius 1 is 0.388 bits per heavy atom. The molecule has 0 aliphatic rings. The van der Waals surface area contributed by atoms with Crippen LogP contribution in [0, 0.1) is 66.6 Å². The van der Waals surface area contributed by atoms with Gasteiger partial charge < -0.3 is 50.2 Å². The first-order valence-electron chi connectivity index (χ1n) is 36.5. The van der Waals surface area contributed by atoms with Crippen LogP contribution in [0.2, 0.25) is 0 Å². The first-order chi connectivity index (χ1) is 59.5. The van der Waals surface area contributed by atoms with Gasteiger partial charge in [0.25, 0.3) is 0 Å². The molecular formula is C96H61F10Ir6N12O4S-7. The Balaban J connectivity index is 0.000000257. The van der Waals surface area contributed by atoms with Gasteiger partial charge in [-0.1, -0.05) is 156 Å². The normalized spacial score (nSPS) is 10.0. The number of carboxylic acids is 2. The van der Waals surface area contributed by atoms with Crippen LogP contribution in [-0.4, -0.2) is 77.1 Å². The number of thiophene rings is 1. The molecule has 19 rings (SSSR count). The minimum atomic E-state index is -4.57. The standard InChI is InChI=1S/C15H10N.C13H9F3N.C13H8NS.C13H8N.2C11H6F2N.C8H4F3N4.2C6H5NO2.6Ir/c1-2-7-13(8-3-1)15-14-9-5-4-6-12(14)10-11-16-15;1-9-6-10(12-4-2-3-5-17-12)8-11(7-9)13(14,15)16;1-2-5-11-10(4-1)7-8-14-13(11)12-6-3-9-15-12;1-2-6-12-10(4-1)7-8-11-5-3-9-14-13(11)12;2*12-8-4-5-9(10(13)7-8)11-3-1-2-6-14-11;9-8(10,11)7-13-6(14-15-7)5-3-1-2-4-12-5;2*8-6(9)5-3-1-2-4-7-5;;;;;;/h1-7,9-11H;2-7H,1H3;1-5,7-9H;1-5,7-9H;2*1-4,6-7H;1-4H;2*1-4H,(H,8,9);;;;;;/q7*-1;;;;;;;;. The third kappa shape index (κ3) is 32.7. The van der Waals surface area contributed by atoms with Crippen LogP contribution in [0.1, 0.15) is 37.9 Å². The average molecular weight is 2820 g/mol. The van der Waals surface area contributed by atoms with Crippen LogP contribution >= 0.6 is 11.3 Å². The third-order valence-electron chi connectivity index (χ3n) is 16.6. The van der Waals surface area contributed by atoms with E-state index in [1.165, 1.54) is 69.1 Å². The van der Waals surface area contributed by atoms with Gasteiger partial charge in [-0.15, -0.1) is 130 Å². The van der Waals surface area contributed by atoms with Gasteiger partial charge in [0.1, 0.15) is 17.2 Å². The Morgan fingerprint density at radius 2 is 0.845 bits per heavy atom. The molecular weight excluding hydrogens is 2760 g/mol. The van der Waals surface area contributed by atoms with Gasteiger partial charge >= 0.3 is 24.3 Å². The van der Waals surface area contributed by atoms with Gasteiger partial charge in [0.2, 0.25) is 0 Å². The zero-order valence-electron chi connectivity index (χ0n) is 66.1. The van der Waals surface area contributed by atoms with Crippen LogP contribution in [0.25, 0.3) is 110 Å². The molecule has 2 N–H and O–H groups in total. The maximum Gasteiger partial charge on any atom is 0.429 e. The predicted octanol–water partition coefficient (Wildman–Crippen LogP) is 23.2. The van der Waals surface area contributed by atoms with E-state index < -0.39 is 58.9 Å². The van der Waals surface area contributed by atoms with E-state index in [1.54, 1.807) is 134 Å². The van der Waals surface area contributed by atoms with Crippen LogP contribution in [0.15, 0.2) is 340 Å². The molecule has 11 aromatic heterocycles. The Kier molecular flexibility index (Phi) is 45.4. The molecule has 0 bridgehead atoms. The number of aromatic carboxylic acids is 2. The van der Waals surface area contributed by atoms with Gasteiger partial charge in [0, 0.05) is 200 Å². The van der Waals surface area contributed by atoms with Gasteiger partial charge in [0.05, 0.1) is 5.69 Å². The fourth-order valence-electron chi connectivity index (χ4n) is 11.1. The number of hydrogen-bond donors (Lipinski definition) is 2. The summed E-state index contributed by atoms with van der Waals surface area (Å²) in [5.74, 6) is -5.92. The molecule has 16 nitrogen and oxygen atoms in total. The molecule has 0 unspecified atom stereocenters. The smallest absolute Gasteiger partial charge is 0.429 e. The number of fused-ring (bicyclic) bond motifs is 5. The predicted molar refractivity (Wildman–Crippen MR) is 449 cm³/mol. The van der Waals surface area contributed by atoms with E-state index in [0.29, 0.717) is 28.2 Å². The third-order valence-corrected chi connectivity index (χ3v) is 17.4. The summed E-state index contributed by atoms with van der Waals surface area (Å²) in [5.41, 5.74) is 6.42. The zero-order valence-corrected chi connectivity index (χ0v) is 81.3. The van der Waals surface area contributed by atoms with Crippen LogP contribution in [0.3, 0.4) is 0 Å². The van der Waals surface area contributed by atoms with Crippen molar-refractivity contribution in [2.45, 2.75) is 19.3 Å². The average Bonchev–Trinajstić information content (AvgIpc) is 1.46. The second-order valence-electron chi connectivity index (χ2n) is 25.1. The van der Waals surface area contributed by atoms with Gasteiger partial charge in [0.15, 0.2) is 0 Å². The molecule has 0 aliphatic carbocycles. The zero-order chi connectivity index (χ0) is 86.9. The maximum atomic E-state index is 13.2. The molecule has 33 heteroatoms. The van der Waals surface area contributed by atoms with Crippen molar-refractivity contribution in [3.8, 4) is 67.1 Å². The SMILES string of the molecule is Cc1cc(-c2ccccn2)[c-]c(C(F)(F)F)c1.FC(F)(F)c1n[n-]c(-c2ccccn2)n1.Fc1c[c-]c(-c2ccccn2)c(F)c1.Fc1c[c-]c(-c2ccccn2)c(F)c1.O=C(O)c1ccccn1.O=C(O)c1ccccn1.[Ir].[Ir].[Ir].[Ir].[Ir].[Ir].[c-]1cccc2ccc3cccnc3c12.[c-]1ccccc1-c1nccc2ccccc12.[c-]1ccsc1-c1nccc2ccccc12. The van der Waals surface area contributed by atoms with Gasteiger partial charge in [-0.25, -0.2) is 30.9 Å². The first kappa shape index (κ1) is 108. The van der Waals surface area contributed by atoms with Gasteiger partial charge in [-0.05, 0) is 145 Å². The van der Waals surface area contributed by atoms with E-state index >= 15 is 0 Å². The number of halogens is 10. The largest absolute Gasteiger partial charge is 0.477 e. The molecule has 0 saturated carbocycles. The van der Waals surface area contributed by atoms with Crippen LogP contribution < -0.4 is 5.10 Å². The molecule has 19 aromatic rings. The fourth-order valence-corrected chi connectivity index (χ4v) is 11.7. The number of carboxylic acid groups (broad SMARTS) is 2. The molecule has 0 spiro atoms. The molecule has 0 atom stereocenters. The van der Waals surface area contributed by atoms with E-state index in [-0.39, 0.29) is 155 Å². The quantitative estimate of drug-likeness (QED) is 0.0818. The maximum absolute atomic E-state index is 13.2. The van der Waals surface area contributed by atoms with Crippen LogP contribution in [0.5, 0.6) is 0 Å². The number of nitrogens with zero attached hydrogens (tertiary/aromatic N) is 12.